The SMILES string of the molecule is CCOC(=O)CCC(Cc1ccccc1)=C1CCCCCC1. The number of rotatable bonds is 6. The molecule has 1 fully saturated rings. The second-order valence-electron chi connectivity index (χ2n) is 6.09. The molecule has 1 aromatic rings. The Morgan fingerprint density at radius 3 is 2.32 bits per heavy atom. The van der Waals surface area contributed by atoms with Gasteiger partial charge in [-0.25, -0.2) is 0 Å². The molecular formula is C20H28O2. The standard InChI is InChI=1S/C20H28O2/c1-2-22-20(21)15-14-19(16-17-10-6-5-7-11-17)18-12-8-3-4-9-13-18/h5-7,10-11H,2-4,8-9,12-16H2,1H3. The number of carbonyl (C=O) groups excluding carboxylic acids is 1. The van der Waals surface area contributed by atoms with Crippen LogP contribution in [-0.2, 0) is 16.0 Å². The Balaban J connectivity index is 2.08. The van der Waals surface area contributed by atoms with Gasteiger partial charge >= 0.3 is 5.97 Å². The van der Waals surface area contributed by atoms with Gasteiger partial charge in [0.2, 0.25) is 0 Å². The van der Waals surface area contributed by atoms with Gasteiger partial charge in [0.05, 0.1) is 6.61 Å². The summed E-state index contributed by atoms with van der Waals surface area (Å²) in [5.74, 6) is -0.0673. The lowest BCUT2D eigenvalue weighted by Crippen LogP contribution is -2.06. The number of esters is 1. The minimum absolute atomic E-state index is 0.0673. The Kier molecular flexibility index (Phi) is 7.21. The van der Waals surface area contributed by atoms with E-state index in [-0.39, 0.29) is 5.97 Å². The number of carbonyl (C=O) groups is 1. The molecule has 0 spiro atoms. The van der Waals surface area contributed by atoms with E-state index < -0.39 is 0 Å². The first-order chi connectivity index (χ1) is 10.8. The van der Waals surface area contributed by atoms with Crippen LogP contribution in [0.2, 0.25) is 0 Å². The molecule has 0 N–H and O–H groups in total. The molecule has 0 heterocycles. The summed E-state index contributed by atoms with van der Waals surface area (Å²) in [7, 11) is 0. The van der Waals surface area contributed by atoms with Crippen LogP contribution >= 0.6 is 0 Å². The first-order valence-electron chi connectivity index (χ1n) is 8.69. The summed E-state index contributed by atoms with van der Waals surface area (Å²) in [5, 5.41) is 0. The lowest BCUT2D eigenvalue weighted by molar-refractivity contribution is -0.143. The fourth-order valence-electron chi connectivity index (χ4n) is 3.23. The van der Waals surface area contributed by atoms with E-state index >= 15 is 0 Å². The van der Waals surface area contributed by atoms with Crippen molar-refractivity contribution in [3.05, 3.63) is 47.0 Å². The highest BCUT2D eigenvalue weighted by molar-refractivity contribution is 5.69. The van der Waals surface area contributed by atoms with Gasteiger partial charge in [-0.1, -0.05) is 54.3 Å². The normalized spacial score (nSPS) is 15.2. The topological polar surface area (TPSA) is 26.3 Å². The third-order valence-corrected chi connectivity index (χ3v) is 4.40. The van der Waals surface area contributed by atoms with Crippen molar-refractivity contribution in [1.29, 1.82) is 0 Å². The van der Waals surface area contributed by atoms with Crippen molar-refractivity contribution in [2.75, 3.05) is 6.61 Å². The van der Waals surface area contributed by atoms with Gasteiger partial charge in [-0.15, -0.1) is 0 Å². The maximum absolute atomic E-state index is 11.7. The Morgan fingerprint density at radius 2 is 1.68 bits per heavy atom. The van der Waals surface area contributed by atoms with E-state index in [1.807, 2.05) is 6.92 Å². The smallest absolute Gasteiger partial charge is 0.306 e. The van der Waals surface area contributed by atoms with Gasteiger partial charge in [0.1, 0.15) is 0 Å². The van der Waals surface area contributed by atoms with E-state index in [4.69, 9.17) is 4.74 Å². The average Bonchev–Trinajstić information content (AvgIpc) is 2.82. The maximum Gasteiger partial charge on any atom is 0.306 e. The van der Waals surface area contributed by atoms with Crippen molar-refractivity contribution in [3.63, 3.8) is 0 Å². The van der Waals surface area contributed by atoms with Crippen molar-refractivity contribution in [2.24, 2.45) is 0 Å². The molecule has 1 aliphatic carbocycles. The van der Waals surface area contributed by atoms with E-state index in [1.165, 1.54) is 49.7 Å². The third-order valence-electron chi connectivity index (χ3n) is 4.40. The van der Waals surface area contributed by atoms with Crippen molar-refractivity contribution in [1.82, 2.24) is 0 Å². The summed E-state index contributed by atoms with van der Waals surface area (Å²) in [6.45, 7) is 2.34. The predicted molar refractivity (Wildman–Crippen MR) is 90.7 cm³/mol. The van der Waals surface area contributed by atoms with Crippen LogP contribution in [0.1, 0.15) is 63.9 Å². The predicted octanol–water partition coefficient (Wildman–Crippen LogP) is 5.22. The third kappa shape index (κ3) is 5.67. The van der Waals surface area contributed by atoms with Gasteiger partial charge in [0, 0.05) is 6.42 Å². The fourth-order valence-corrected chi connectivity index (χ4v) is 3.23. The number of allylic oxidation sites excluding steroid dienone is 2. The molecule has 0 unspecified atom stereocenters. The van der Waals surface area contributed by atoms with Crippen LogP contribution < -0.4 is 0 Å². The molecule has 0 aliphatic heterocycles. The number of ether oxygens (including phenoxy) is 1. The Morgan fingerprint density at radius 1 is 1.00 bits per heavy atom. The summed E-state index contributed by atoms with van der Waals surface area (Å²) in [4.78, 5) is 11.7. The van der Waals surface area contributed by atoms with Crippen LogP contribution in [0.25, 0.3) is 0 Å². The van der Waals surface area contributed by atoms with Gasteiger partial charge in [-0.3, -0.25) is 4.79 Å². The lowest BCUT2D eigenvalue weighted by Gasteiger charge is -2.14. The highest BCUT2D eigenvalue weighted by atomic mass is 16.5. The summed E-state index contributed by atoms with van der Waals surface area (Å²) in [6.07, 6.45) is 10.1. The van der Waals surface area contributed by atoms with E-state index in [9.17, 15) is 4.79 Å². The summed E-state index contributed by atoms with van der Waals surface area (Å²) < 4.78 is 5.09. The monoisotopic (exact) mass is 300 g/mol. The first kappa shape index (κ1) is 16.8. The number of hydrogen-bond donors (Lipinski definition) is 0. The molecule has 0 radical (unpaired) electrons. The van der Waals surface area contributed by atoms with Gasteiger partial charge in [-0.2, -0.15) is 0 Å². The minimum atomic E-state index is -0.0673. The minimum Gasteiger partial charge on any atom is -0.466 e. The molecule has 0 saturated heterocycles. The Labute approximate surface area is 134 Å². The molecule has 0 amide bonds. The molecule has 2 rings (SSSR count). The highest BCUT2D eigenvalue weighted by Crippen LogP contribution is 2.29. The molecule has 0 aromatic heterocycles. The zero-order valence-corrected chi connectivity index (χ0v) is 13.8. The quantitative estimate of drug-likeness (QED) is 0.409. The molecule has 22 heavy (non-hydrogen) atoms. The van der Waals surface area contributed by atoms with Gasteiger partial charge in [0.25, 0.3) is 0 Å². The maximum atomic E-state index is 11.7. The Hall–Kier alpha value is -1.57. The van der Waals surface area contributed by atoms with Gasteiger partial charge in [0.15, 0.2) is 0 Å². The molecule has 120 valence electrons. The van der Waals surface area contributed by atoms with Crippen molar-refractivity contribution < 1.29 is 9.53 Å². The molecule has 1 aliphatic rings. The van der Waals surface area contributed by atoms with Gasteiger partial charge < -0.3 is 4.74 Å². The van der Waals surface area contributed by atoms with Crippen molar-refractivity contribution in [3.8, 4) is 0 Å². The average molecular weight is 300 g/mol. The molecule has 0 atom stereocenters. The van der Waals surface area contributed by atoms with Crippen LogP contribution in [0, 0.1) is 0 Å². The second kappa shape index (κ2) is 9.45. The van der Waals surface area contributed by atoms with Crippen LogP contribution in [0.5, 0.6) is 0 Å². The number of benzene rings is 1. The summed E-state index contributed by atoms with van der Waals surface area (Å²) in [5.41, 5.74) is 4.42. The molecule has 1 aromatic carbocycles. The fraction of sp³-hybridized carbons (Fsp3) is 0.550. The second-order valence-corrected chi connectivity index (χ2v) is 6.09. The van der Waals surface area contributed by atoms with Crippen molar-refractivity contribution in [2.45, 2.75) is 64.7 Å². The van der Waals surface area contributed by atoms with Crippen LogP contribution in [-0.4, -0.2) is 12.6 Å². The summed E-state index contributed by atoms with van der Waals surface area (Å²) in [6, 6.07) is 10.6. The van der Waals surface area contributed by atoms with E-state index in [1.54, 1.807) is 5.57 Å². The van der Waals surface area contributed by atoms with Crippen LogP contribution in [0.3, 0.4) is 0 Å². The number of hydrogen-bond acceptors (Lipinski definition) is 2. The highest BCUT2D eigenvalue weighted by Gasteiger charge is 2.13. The molecule has 0 bridgehead atoms. The van der Waals surface area contributed by atoms with E-state index in [0.29, 0.717) is 13.0 Å². The van der Waals surface area contributed by atoms with E-state index in [0.717, 1.165) is 12.8 Å². The summed E-state index contributed by atoms with van der Waals surface area (Å²) >= 11 is 0. The van der Waals surface area contributed by atoms with Crippen molar-refractivity contribution >= 4 is 5.97 Å². The molecule has 2 nitrogen and oxygen atoms in total. The zero-order chi connectivity index (χ0) is 15.6. The van der Waals surface area contributed by atoms with Gasteiger partial charge in [-0.05, 0) is 51.0 Å². The molecule has 2 heteroatoms. The zero-order valence-electron chi connectivity index (χ0n) is 13.8. The van der Waals surface area contributed by atoms with Crippen LogP contribution in [0.15, 0.2) is 41.5 Å². The van der Waals surface area contributed by atoms with E-state index in [2.05, 4.69) is 30.3 Å². The largest absolute Gasteiger partial charge is 0.466 e. The first-order valence-corrected chi connectivity index (χ1v) is 8.69. The Bertz CT molecular complexity index is 478. The lowest BCUT2D eigenvalue weighted by atomic mass is 9.92. The molecule has 1 saturated carbocycles. The molecular weight excluding hydrogens is 272 g/mol. The van der Waals surface area contributed by atoms with Crippen LogP contribution in [0.4, 0.5) is 0 Å².